The molecule has 3 aromatic rings. The number of aromatic nitrogens is 3. The number of aliphatic imine (C=N–C) groups is 1. The van der Waals surface area contributed by atoms with Crippen LogP contribution in [0.2, 0.25) is 0 Å². The van der Waals surface area contributed by atoms with Crippen molar-refractivity contribution in [1.82, 2.24) is 20.1 Å². The minimum absolute atomic E-state index is 0.0244. The molecule has 0 spiro atoms. The number of carbonyl (C=O) groups excluding carboxylic acids is 1. The Morgan fingerprint density at radius 1 is 1.31 bits per heavy atom. The topological polar surface area (TPSA) is 72.2 Å². The zero-order valence-corrected chi connectivity index (χ0v) is 15.9. The number of rotatable bonds is 3. The van der Waals surface area contributed by atoms with Gasteiger partial charge in [-0.1, -0.05) is 6.07 Å². The summed E-state index contributed by atoms with van der Waals surface area (Å²) < 4.78 is 41.0. The van der Waals surface area contributed by atoms with E-state index in [4.69, 9.17) is 0 Å². The summed E-state index contributed by atoms with van der Waals surface area (Å²) in [5.74, 6) is 0.508. The molecule has 2 aromatic heterocycles. The number of fused-ring (bicyclic) bond motifs is 1. The van der Waals surface area contributed by atoms with E-state index in [-0.39, 0.29) is 17.3 Å². The maximum Gasteiger partial charge on any atom is 0.418 e. The van der Waals surface area contributed by atoms with Gasteiger partial charge in [0.05, 0.1) is 22.5 Å². The van der Waals surface area contributed by atoms with Gasteiger partial charge in [-0.15, -0.1) is 0 Å². The highest BCUT2D eigenvalue weighted by Crippen LogP contribution is 2.32. The Kier molecular flexibility index (Phi) is 4.87. The molecule has 6 nitrogen and oxygen atoms in total. The highest BCUT2D eigenvalue weighted by Gasteiger charge is 2.33. The van der Waals surface area contributed by atoms with Crippen LogP contribution < -0.4 is 5.32 Å². The van der Waals surface area contributed by atoms with E-state index in [2.05, 4.69) is 20.4 Å². The molecule has 148 valence electrons. The molecule has 0 aliphatic carbocycles. The fourth-order valence-electron chi connectivity index (χ4n) is 3.00. The molecule has 1 aliphatic rings. The Morgan fingerprint density at radius 3 is 2.90 bits per heavy atom. The summed E-state index contributed by atoms with van der Waals surface area (Å²) in [7, 11) is 1.59. The Morgan fingerprint density at radius 2 is 2.14 bits per heavy atom. The number of thioether (sulfide) groups is 1. The van der Waals surface area contributed by atoms with Gasteiger partial charge in [0, 0.05) is 31.0 Å². The maximum absolute atomic E-state index is 13.2. The molecular weight excluding hydrogens is 403 g/mol. The largest absolute Gasteiger partial charge is 0.418 e. The first kappa shape index (κ1) is 19.2. The van der Waals surface area contributed by atoms with Crippen molar-refractivity contribution in [2.45, 2.75) is 12.7 Å². The highest BCUT2D eigenvalue weighted by atomic mass is 32.2. The maximum atomic E-state index is 13.2. The monoisotopic (exact) mass is 417 g/mol. The number of nitrogens with zero attached hydrogens (tertiary/aromatic N) is 4. The van der Waals surface area contributed by atoms with Crippen molar-refractivity contribution in [3.05, 3.63) is 64.5 Å². The Labute approximate surface area is 167 Å². The number of amidine groups is 1. The Hall–Kier alpha value is -3.14. The summed E-state index contributed by atoms with van der Waals surface area (Å²) in [6, 6.07) is 6.82. The molecule has 1 fully saturated rings. The van der Waals surface area contributed by atoms with E-state index in [1.165, 1.54) is 16.9 Å². The zero-order chi connectivity index (χ0) is 20.6. The van der Waals surface area contributed by atoms with Gasteiger partial charge < -0.3 is 5.32 Å². The van der Waals surface area contributed by atoms with Crippen LogP contribution in [0.1, 0.15) is 16.7 Å². The van der Waals surface area contributed by atoms with Crippen LogP contribution in [-0.4, -0.2) is 32.9 Å². The first-order chi connectivity index (χ1) is 13.8. The summed E-state index contributed by atoms with van der Waals surface area (Å²) in [4.78, 5) is 19.9. The van der Waals surface area contributed by atoms with E-state index in [1.807, 2.05) is 18.2 Å². The molecule has 1 N–H and O–H groups in total. The van der Waals surface area contributed by atoms with Gasteiger partial charge in [0.15, 0.2) is 0 Å². The summed E-state index contributed by atoms with van der Waals surface area (Å²) in [6.45, 7) is -0.0244. The molecule has 4 rings (SSSR count). The standard InChI is InChI=1S/C19H14F3N5OS/c1-23-17-16(29-18(28)25-17)7-11-2-3-15-13(6-11)10-27(26-15)9-12-4-5-24-8-14(12)19(20,21)22/h2-8,10H,9H2,1H3,(H,23,25,28)/b16-7-. The van der Waals surface area contributed by atoms with Crippen molar-refractivity contribution in [3.63, 3.8) is 0 Å². The lowest BCUT2D eigenvalue weighted by molar-refractivity contribution is -0.138. The molecule has 1 amide bonds. The molecular formula is C19H14F3N5OS. The number of nitrogens with one attached hydrogen (secondary N) is 1. The zero-order valence-electron chi connectivity index (χ0n) is 15.1. The van der Waals surface area contributed by atoms with Crippen LogP contribution in [0.25, 0.3) is 17.0 Å². The number of pyridine rings is 1. The first-order valence-electron chi connectivity index (χ1n) is 8.48. The second-order valence-corrected chi connectivity index (χ2v) is 7.29. The Bertz CT molecular complexity index is 1170. The van der Waals surface area contributed by atoms with Crippen LogP contribution in [0, 0.1) is 0 Å². The summed E-state index contributed by atoms with van der Waals surface area (Å²) in [5, 5.41) is 7.60. The SMILES string of the molecule is CN=C1NC(=O)S/C1=C\c1ccc2nn(Cc3ccncc3C(F)(F)F)cc2c1. The van der Waals surface area contributed by atoms with Crippen LogP contribution in [0.3, 0.4) is 0 Å². The Balaban J connectivity index is 1.64. The third-order valence-electron chi connectivity index (χ3n) is 4.30. The number of amides is 1. The number of alkyl halides is 3. The predicted octanol–water partition coefficient (Wildman–Crippen LogP) is 4.32. The highest BCUT2D eigenvalue weighted by molar-refractivity contribution is 8.18. The number of hydrogen-bond donors (Lipinski definition) is 1. The van der Waals surface area contributed by atoms with Crippen LogP contribution >= 0.6 is 11.8 Å². The van der Waals surface area contributed by atoms with Crippen molar-refractivity contribution >= 4 is 39.8 Å². The first-order valence-corrected chi connectivity index (χ1v) is 9.30. The van der Waals surface area contributed by atoms with Crippen molar-refractivity contribution in [1.29, 1.82) is 0 Å². The predicted molar refractivity (Wildman–Crippen MR) is 106 cm³/mol. The van der Waals surface area contributed by atoms with Gasteiger partial charge in [-0.2, -0.15) is 18.3 Å². The molecule has 1 aliphatic heterocycles. The van der Waals surface area contributed by atoms with E-state index >= 15 is 0 Å². The van der Waals surface area contributed by atoms with E-state index in [9.17, 15) is 18.0 Å². The third kappa shape index (κ3) is 4.02. The van der Waals surface area contributed by atoms with Gasteiger partial charge in [0.2, 0.25) is 0 Å². The van der Waals surface area contributed by atoms with E-state index in [0.29, 0.717) is 16.3 Å². The van der Waals surface area contributed by atoms with Crippen LogP contribution in [0.15, 0.2) is 52.8 Å². The number of carbonyl (C=O) groups is 1. The lowest BCUT2D eigenvalue weighted by atomic mass is 10.1. The summed E-state index contributed by atoms with van der Waals surface area (Å²) >= 11 is 1.06. The molecule has 3 heterocycles. The molecule has 1 aromatic carbocycles. The number of hydrogen-bond acceptors (Lipinski definition) is 5. The van der Waals surface area contributed by atoms with Crippen molar-refractivity contribution < 1.29 is 18.0 Å². The van der Waals surface area contributed by atoms with Gasteiger partial charge in [0.25, 0.3) is 5.24 Å². The molecule has 0 atom stereocenters. The van der Waals surface area contributed by atoms with Crippen molar-refractivity contribution in [3.8, 4) is 0 Å². The molecule has 0 radical (unpaired) electrons. The van der Waals surface area contributed by atoms with E-state index < -0.39 is 11.7 Å². The average Bonchev–Trinajstić information content (AvgIpc) is 3.23. The number of halogens is 3. The molecule has 29 heavy (non-hydrogen) atoms. The fraction of sp³-hybridized carbons (Fsp3) is 0.158. The molecule has 0 saturated carbocycles. The minimum Gasteiger partial charge on any atom is -0.300 e. The summed E-state index contributed by atoms with van der Waals surface area (Å²) in [6.07, 6.45) is 1.20. The second-order valence-electron chi connectivity index (χ2n) is 6.27. The molecule has 10 heteroatoms. The van der Waals surface area contributed by atoms with E-state index in [1.54, 1.807) is 19.3 Å². The van der Waals surface area contributed by atoms with Crippen LogP contribution in [0.5, 0.6) is 0 Å². The number of benzene rings is 1. The lowest BCUT2D eigenvalue weighted by Crippen LogP contribution is -2.18. The van der Waals surface area contributed by atoms with Gasteiger partial charge in [-0.05, 0) is 47.2 Å². The van der Waals surface area contributed by atoms with Crippen LogP contribution in [0.4, 0.5) is 18.0 Å². The fourth-order valence-corrected chi connectivity index (χ4v) is 3.79. The molecule has 1 saturated heterocycles. The quantitative estimate of drug-likeness (QED) is 0.689. The summed E-state index contributed by atoms with van der Waals surface area (Å²) in [5.41, 5.74) is 0.815. The van der Waals surface area contributed by atoms with Crippen molar-refractivity contribution in [2.24, 2.45) is 4.99 Å². The van der Waals surface area contributed by atoms with Gasteiger partial charge in [-0.25, -0.2) is 0 Å². The van der Waals surface area contributed by atoms with E-state index in [0.717, 1.165) is 28.9 Å². The molecule has 0 bridgehead atoms. The minimum atomic E-state index is -4.47. The van der Waals surface area contributed by atoms with Crippen molar-refractivity contribution in [2.75, 3.05) is 7.05 Å². The average molecular weight is 417 g/mol. The van der Waals surface area contributed by atoms with Gasteiger partial charge in [0.1, 0.15) is 5.84 Å². The lowest BCUT2D eigenvalue weighted by Gasteiger charge is -2.11. The third-order valence-corrected chi connectivity index (χ3v) is 5.12. The van der Waals surface area contributed by atoms with Crippen LogP contribution in [-0.2, 0) is 12.7 Å². The second kappa shape index (κ2) is 7.36. The van der Waals surface area contributed by atoms with Gasteiger partial charge in [-0.3, -0.25) is 19.5 Å². The van der Waals surface area contributed by atoms with Gasteiger partial charge >= 0.3 is 6.18 Å². The molecule has 0 unspecified atom stereocenters. The smallest absolute Gasteiger partial charge is 0.300 e. The normalized spacial score (nSPS) is 17.4.